The van der Waals surface area contributed by atoms with Crippen LogP contribution in [0.15, 0.2) is 30.6 Å². The minimum absolute atomic E-state index is 0.200. The van der Waals surface area contributed by atoms with E-state index < -0.39 is 29.9 Å². The predicted molar refractivity (Wildman–Crippen MR) is 97.2 cm³/mol. The molecule has 0 fully saturated rings. The fourth-order valence-corrected chi connectivity index (χ4v) is 3.57. The van der Waals surface area contributed by atoms with Crippen LogP contribution in [-0.2, 0) is 12.9 Å². The second-order valence-corrected chi connectivity index (χ2v) is 6.97. The Morgan fingerprint density at radius 2 is 2.03 bits per heavy atom. The number of fused-ring (bicyclic) bond motifs is 1. The molecule has 0 spiro atoms. The van der Waals surface area contributed by atoms with Gasteiger partial charge in [0.2, 0.25) is 0 Å². The predicted octanol–water partition coefficient (Wildman–Crippen LogP) is 4.29. The number of nitrogens with zero attached hydrogens (tertiary/aromatic N) is 4. The zero-order valence-corrected chi connectivity index (χ0v) is 15.6. The lowest BCUT2D eigenvalue weighted by molar-refractivity contribution is -0.138. The van der Waals surface area contributed by atoms with Gasteiger partial charge in [-0.2, -0.15) is 18.3 Å². The number of rotatable bonds is 3. The van der Waals surface area contributed by atoms with Crippen molar-refractivity contribution in [2.45, 2.75) is 32.7 Å². The second-order valence-electron chi connectivity index (χ2n) is 6.97. The number of halogens is 4. The Morgan fingerprint density at radius 1 is 1.28 bits per heavy atom. The highest BCUT2D eigenvalue weighted by Gasteiger charge is 2.36. The molecule has 1 N–H and O–H groups in total. The van der Waals surface area contributed by atoms with Crippen molar-refractivity contribution in [2.24, 2.45) is 0 Å². The molecule has 1 amide bonds. The average molecular weight is 407 g/mol. The summed E-state index contributed by atoms with van der Waals surface area (Å²) in [7, 11) is 0. The molecule has 0 aliphatic carbocycles. The van der Waals surface area contributed by atoms with Crippen molar-refractivity contribution in [1.82, 2.24) is 19.7 Å². The summed E-state index contributed by atoms with van der Waals surface area (Å²) < 4.78 is 54.1. The van der Waals surface area contributed by atoms with E-state index in [0.29, 0.717) is 22.8 Å². The molecule has 1 aliphatic heterocycles. The molecule has 1 aromatic carbocycles. The molecular formula is C19H17F4N5O. The quantitative estimate of drug-likeness (QED) is 0.659. The van der Waals surface area contributed by atoms with Crippen LogP contribution in [0, 0.1) is 6.92 Å². The maximum atomic E-state index is 13.3. The fourth-order valence-electron chi connectivity index (χ4n) is 3.57. The number of hydrogen-bond donors (Lipinski definition) is 1. The van der Waals surface area contributed by atoms with E-state index in [4.69, 9.17) is 0 Å². The Labute approximate surface area is 163 Å². The van der Waals surface area contributed by atoms with E-state index in [0.717, 1.165) is 12.1 Å². The molecular weight excluding hydrogens is 390 g/mol. The lowest BCUT2D eigenvalue weighted by Crippen LogP contribution is -2.43. The first kappa shape index (κ1) is 19.2. The number of amides is 1. The maximum absolute atomic E-state index is 13.3. The van der Waals surface area contributed by atoms with Gasteiger partial charge in [0, 0.05) is 12.2 Å². The highest BCUT2D eigenvalue weighted by atomic mass is 19.4. The molecule has 0 bridgehead atoms. The summed E-state index contributed by atoms with van der Waals surface area (Å²) in [5.74, 6) is 0.246. The fraction of sp³-hybridized carbons (Fsp3) is 0.316. The van der Waals surface area contributed by atoms with Gasteiger partial charge in [-0.05, 0) is 37.6 Å². The first-order chi connectivity index (χ1) is 13.7. The van der Waals surface area contributed by atoms with Crippen LogP contribution < -0.4 is 4.90 Å². The molecule has 3 heterocycles. The number of hydrogen-bond acceptors (Lipinski definition) is 3. The van der Waals surface area contributed by atoms with Crippen molar-refractivity contribution in [3.8, 4) is 11.3 Å². The minimum atomic E-state index is -4.66. The van der Waals surface area contributed by atoms with E-state index in [-0.39, 0.29) is 18.3 Å². The Hall–Kier alpha value is -3.17. The van der Waals surface area contributed by atoms with Crippen molar-refractivity contribution in [3.63, 3.8) is 0 Å². The smallest absolute Gasteiger partial charge is 0.342 e. The molecule has 10 heteroatoms. The number of aromatic amines is 1. The Balaban J connectivity index is 1.78. The molecule has 4 rings (SSSR count). The summed E-state index contributed by atoms with van der Waals surface area (Å²) in [4.78, 5) is 21.8. The third-order valence-corrected chi connectivity index (χ3v) is 4.95. The highest BCUT2D eigenvalue weighted by molar-refractivity contribution is 6.09. The van der Waals surface area contributed by atoms with Gasteiger partial charge in [-0.3, -0.25) is 9.48 Å². The third-order valence-electron chi connectivity index (χ3n) is 4.95. The molecule has 6 nitrogen and oxygen atoms in total. The number of carbonyl (C=O) groups is 1. The van der Waals surface area contributed by atoms with Gasteiger partial charge in [0.15, 0.2) is 0 Å². The van der Waals surface area contributed by atoms with E-state index in [1.807, 2.05) is 6.92 Å². The van der Waals surface area contributed by atoms with Gasteiger partial charge >= 0.3 is 6.18 Å². The molecule has 0 saturated heterocycles. The van der Waals surface area contributed by atoms with Crippen LogP contribution >= 0.6 is 0 Å². The van der Waals surface area contributed by atoms with Gasteiger partial charge in [0.05, 0.1) is 35.3 Å². The van der Waals surface area contributed by atoms with Crippen molar-refractivity contribution in [1.29, 1.82) is 0 Å². The number of aryl methyl sites for hydroxylation is 1. The first-order valence-corrected chi connectivity index (χ1v) is 8.88. The molecule has 1 aliphatic rings. The standard InChI is InChI=1S/C19H17F4N5O/c1-10-9-27(13-3-4-15(19(21,22)23)12(5-13)6-20)18(29)17-14(7-25-28(10)17)16-8-24-11(2)26-16/h3-5,7-8,10H,6,9H2,1-2H3,(H,24,26)/t10-/m0/s1. The zero-order chi connectivity index (χ0) is 20.9. The maximum Gasteiger partial charge on any atom is 0.416 e. The van der Waals surface area contributed by atoms with Crippen LogP contribution in [0.5, 0.6) is 0 Å². The lowest BCUT2D eigenvalue weighted by atomic mass is 10.0. The molecule has 29 heavy (non-hydrogen) atoms. The number of benzene rings is 1. The van der Waals surface area contributed by atoms with Crippen molar-refractivity contribution in [2.75, 3.05) is 11.4 Å². The highest BCUT2D eigenvalue weighted by Crippen LogP contribution is 2.37. The van der Waals surface area contributed by atoms with Crippen molar-refractivity contribution in [3.05, 3.63) is 53.2 Å². The van der Waals surface area contributed by atoms with E-state index in [9.17, 15) is 22.4 Å². The third kappa shape index (κ3) is 3.18. The average Bonchev–Trinajstić information content (AvgIpc) is 3.30. The van der Waals surface area contributed by atoms with Gasteiger partial charge < -0.3 is 9.88 Å². The Bertz CT molecular complexity index is 1080. The van der Waals surface area contributed by atoms with E-state index in [1.54, 1.807) is 24.0 Å². The number of nitrogens with one attached hydrogen (secondary N) is 1. The van der Waals surface area contributed by atoms with Crippen LogP contribution in [0.3, 0.4) is 0 Å². The summed E-state index contributed by atoms with van der Waals surface area (Å²) in [6, 6.07) is 2.86. The number of imidazole rings is 1. The van der Waals surface area contributed by atoms with E-state index >= 15 is 0 Å². The largest absolute Gasteiger partial charge is 0.416 e. The van der Waals surface area contributed by atoms with Gasteiger partial charge in [-0.1, -0.05) is 0 Å². The number of H-pyrrole nitrogens is 1. The molecule has 3 aromatic rings. The molecule has 1 atom stereocenters. The molecule has 0 saturated carbocycles. The second kappa shape index (κ2) is 6.71. The van der Waals surface area contributed by atoms with Gasteiger partial charge in [-0.25, -0.2) is 9.37 Å². The van der Waals surface area contributed by atoms with Gasteiger partial charge in [-0.15, -0.1) is 0 Å². The summed E-state index contributed by atoms with van der Waals surface area (Å²) in [5, 5.41) is 4.29. The number of anilines is 1. The monoisotopic (exact) mass is 407 g/mol. The number of alkyl halides is 4. The van der Waals surface area contributed by atoms with Crippen LogP contribution in [0.2, 0.25) is 0 Å². The van der Waals surface area contributed by atoms with Crippen molar-refractivity contribution >= 4 is 11.6 Å². The number of aromatic nitrogens is 4. The van der Waals surface area contributed by atoms with Gasteiger partial charge in [0.25, 0.3) is 5.91 Å². The zero-order valence-electron chi connectivity index (χ0n) is 15.6. The summed E-state index contributed by atoms with van der Waals surface area (Å²) in [6.45, 7) is 2.54. The van der Waals surface area contributed by atoms with Crippen LogP contribution in [0.4, 0.5) is 23.2 Å². The molecule has 2 aromatic heterocycles. The Morgan fingerprint density at radius 3 is 2.66 bits per heavy atom. The van der Waals surface area contributed by atoms with Gasteiger partial charge in [0.1, 0.15) is 18.2 Å². The Kier molecular flexibility index (Phi) is 4.44. The SMILES string of the molecule is Cc1ncc(-c2cnn3c2C(=O)N(c2ccc(C(F)(F)F)c(CF)c2)C[C@@H]3C)[nH]1. The topological polar surface area (TPSA) is 66.8 Å². The van der Waals surface area contributed by atoms with E-state index in [1.165, 1.54) is 11.0 Å². The van der Waals surface area contributed by atoms with Crippen molar-refractivity contribution < 1.29 is 22.4 Å². The first-order valence-electron chi connectivity index (χ1n) is 8.88. The summed E-state index contributed by atoms with van der Waals surface area (Å²) in [5.41, 5.74) is 0.127. The summed E-state index contributed by atoms with van der Waals surface area (Å²) in [6.07, 6.45) is -1.52. The molecule has 0 unspecified atom stereocenters. The van der Waals surface area contributed by atoms with E-state index in [2.05, 4.69) is 15.1 Å². The molecule has 152 valence electrons. The normalized spacial score (nSPS) is 17.0. The van der Waals surface area contributed by atoms with Crippen LogP contribution in [0.1, 0.15) is 40.4 Å². The number of carbonyl (C=O) groups excluding carboxylic acids is 1. The van der Waals surface area contributed by atoms with Crippen LogP contribution in [0.25, 0.3) is 11.3 Å². The summed E-state index contributed by atoms with van der Waals surface area (Å²) >= 11 is 0. The molecule has 0 radical (unpaired) electrons. The minimum Gasteiger partial charge on any atom is -0.342 e. The van der Waals surface area contributed by atoms with Crippen LogP contribution in [-0.4, -0.2) is 32.2 Å². The lowest BCUT2D eigenvalue weighted by Gasteiger charge is -2.32.